The number of anilines is 2. The maximum Gasteiger partial charge on any atom is 0.258 e. The van der Waals surface area contributed by atoms with Gasteiger partial charge in [0.2, 0.25) is 5.91 Å². The maximum atomic E-state index is 13.2. The number of ether oxygens (including phenoxy) is 1. The predicted molar refractivity (Wildman–Crippen MR) is 125 cm³/mol. The van der Waals surface area contributed by atoms with Crippen molar-refractivity contribution >= 4 is 34.0 Å². The number of nitrogens with one attached hydrogen (secondary N) is 1. The summed E-state index contributed by atoms with van der Waals surface area (Å²) in [5, 5.41) is 5.37. The van der Waals surface area contributed by atoms with Crippen LogP contribution in [0.4, 0.5) is 15.2 Å². The second-order valence-corrected chi connectivity index (χ2v) is 8.89. The molecule has 0 aliphatic carbocycles. The van der Waals surface area contributed by atoms with Crippen molar-refractivity contribution < 1.29 is 18.7 Å². The van der Waals surface area contributed by atoms with E-state index >= 15 is 0 Å². The Morgan fingerprint density at radius 3 is 2.67 bits per heavy atom. The number of hydrogen-bond donors (Lipinski definition) is 1. The Bertz CT molecular complexity index is 1170. The van der Waals surface area contributed by atoms with Gasteiger partial charge in [-0.05, 0) is 48.4 Å². The lowest BCUT2D eigenvalue weighted by molar-refractivity contribution is -0.118. The number of aromatic nitrogens is 1. The molecule has 5 rings (SSSR count). The second-order valence-electron chi connectivity index (χ2n) is 8.03. The van der Waals surface area contributed by atoms with E-state index in [-0.39, 0.29) is 17.6 Å². The second kappa shape index (κ2) is 9.38. The van der Waals surface area contributed by atoms with Gasteiger partial charge in [0.05, 0.1) is 25.5 Å². The van der Waals surface area contributed by atoms with Gasteiger partial charge in [-0.3, -0.25) is 14.5 Å². The van der Waals surface area contributed by atoms with Crippen LogP contribution in [0.3, 0.4) is 0 Å². The Hall–Kier alpha value is -3.14. The number of amides is 2. The van der Waals surface area contributed by atoms with Crippen LogP contribution >= 0.6 is 11.3 Å². The molecule has 2 amide bonds. The highest BCUT2D eigenvalue weighted by molar-refractivity contribution is 7.14. The fourth-order valence-corrected chi connectivity index (χ4v) is 4.84. The van der Waals surface area contributed by atoms with E-state index in [9.17, 15) is 14.0 Å². The summed E-state index contributed by atoms with van der Waals surface area (Å²) in [5.41, 5.74) is 4.11. The quantitative estimate of drug-likeness (QED) is 0.624. The first-order valence-electron chi connectivity index (χ1n) is 10.8. The van der Waals surface area contributed by atoms with Crippen LogP contribution in [0.1, 0.15) is 15.9 Å². The van der Waals surface area contributed by atoms with Gasteiger partial charge in [0.25, 0.3) is 5.91 Å². The summed E-state index contributed by atoms with van der Waals surface area (Å²) in [6, 6.07) is 11.5. The summed E-state index contributed by atoms with van der Waals surface area (Å²) in [6.45, 7) is 3.72. The summed E-state index contributed by atoms with van der Waals surface area (Å²) in [7, 11) is 0. The van der Waals surface area contributed by atoms with Crippen LogP contribution in [0.25, 0.3) is 11.3 Å². The van der Waals surface area contributed by atoms with Gasteiger partial charge in [0, 0.05) is 41.8 Å². The number of hydrogen-bond acceptors (Lipinski definition) is 6. The monoisotopic (exact) mass is 466 g/mol. The van der Waals surface area contributed by atoms with E-state index in [1.165, 1.54) is 35.6 Å². The predicted octanol–water partition coefficient (Wildman–Crippen LogP) is 3.42. The van der Waals surface area contributed by atoms with Crippen molar-refractivity contribution in [3.05, 3.63) is 64.8 Å². The highest BCUT2D eigenvalue weighted by atomic mass is 32.1. The number of fused-ring (bicyclic) bond motifs is 1. The van der Waals surface area contributed by atoms with Crippen molar-refractivity contribution in [2.24, 2.45) is 0 Å². The van der Waals surface area contributed by atoms with Gasteiger partial charge < -0.3 is 15.0 Å². The molecule has 0 unspecified atom stereocenters. The van der Waals surface area contributed by atoms with E-state index in [2.05, 4.69) is 15.2 Å². The third kappa shape index (κ3) is 4.80. The van der Waals surface area contributed by atoms with Gasteiger partial charge in [-0.15, -0.1) is 11.3 Å². The smallest absolute Gasteiger partial charge is 0.258 e. The zero-order chi connectivity index (χ0) is 22.8. The Labute approximate surface area is 194 Å². The van der Waals surface area contributed by atoms with E-state index in [0.717, 1.165) is 42.0 Å². The zero-order valence-corrected chi connectivity index (χ0v) is 18.7. The summed E-state index contributed by atoms with van der Waals surface area (Å²) in [6.07, 6.45) is 0.739. The van der Waals surface area contributed by atoms with Crippen LogP contribution < -0.4 is 10.2 Å². The number of nitrogens with zero attached hydrogens (tertiary/aromatic N) is 3. The summed E-state index contributed by atoms with van der Waals surface area (Å²) in [5.74, 6) is -0.583. The number of carbonyl (C=O) groups is 2. The fourth-order valence-electron chi connectivity index (χ4n) is 4.11. The molecule has 2 aromatic carbocycles. The molecule has 170 valence electrons. The van der Waals surface area contributed by atoms with E-state index in [0.29, 0.717) is 37.0 Å². The van der Waals surface area contributed by atoms with Crippen LogP contribution in [0.2, 0.25) is 0 Å². The van der Waals surface area contributed by atoms with Gasteiger partial charge >= 0.3 is 0 Å². The van der Waals surface area contributed by atoms with Gasteiger partial charge in [0.15, 0.2) is 5.13 Å². The molecule has 3 heterocycles. The number of rotatable bonds is 5. The normalized spacial score (nSPS) is 16.0. The standard InChI is InChI=1S/C24H23FN4O3S/c25-19-4-1-16(2-5-19)23(31)29-8-7-18-13-17(3-6-21(18)29)20-15-33-24(26-20)27-22(30)14-28-9-11-32-12-10-28/h1-6,13,15H,7-12,14H2,(H,26,27,30). The number of halogens is 1. The third-order valence-electron chi connectivity index (χ3n) is 5.83. The number of benzene rings is 2. The summed E-state index contributed by atoms with van der Waals surface area (Å²) < 4.78 is 18.5. The largest absolute Gasteiger partial charge is 0.379 e. The van der Waals surface area contributed by atoms with Crippen molar-refractivity contribution in [1.29, 1.82) is 0 Å². The van der Waals surface area contributed by atoms with Crippen LogP contribution in [0, 0.1) is 5.82 Å². The average molecular weight is 467 g/mol. The first-order valence-corrected chi connectivity index (χ1v) is 11.7. The molecule has 9 heteroatoms. The van der Waals surface area contributed by atoms with E-state index in [4.69, 9.17) is 4.74 Å². The lowest BCUT2D eigenvalue weighted by Gasteiger charge is -2.25. The molecule has 0 saturated carbocycles. The van der Waals surface area contributed by atoms with Gasteiger partial charge in [-0.1, -0.05) is 6.07 Å². The third-order valence-corrected chi connectivity index (χ3v) is 6.59. The highest BCUT2D eigenvalue weighted by Gasteiger charge is 2.26. The van der Waals surface area contributed by atoms with Crippen LogP contribution in [0.5, 0.6) is 0 Å². The minimum absolute atomic E-state index is 0.0818. The summed E-state index contributed by atoms with van der Waals surface area (Å²) in [4.78, 5) is 33.6. The average Bonchev–Trinajstić information content (AvgIpc) is 3.46. The lowest BCUT2D eigenvalue weighted by Crippen LogP contribution is -2.41. The molecule has 0 radical (unpaired) electrons. The summed E-state index contributed by atoms with van der Waals surface area (Å²) >= 11 is 1.39. The molecule has 1 saturated heterocycles. The zero-order valence-electron chi connectivity index (χ0n) is 17.9. The van der Waals surface area contributed by atoms with Gasteiger partial charge in [-0.2, -0.15) is 0 Å². The Kier molecular flexibility index (Phi) is 6.17. The molecule has 3 aromatic rings. The molecule has 1 aromatic heterocycles. The van der Waals surface area contributed by atoms with Crippen molar-refractivity contribution in [2.75, 3.05) is 49.6 Å². The van der Waals surface area contributed by atoms with Crippen LogP contribution in [-0.2, 0) is 16.0 Å². The lowest BCUT2D eigenvalue weighted by atomic mass is 10.1. The Balaban J connectivity index is 1.26. The molecular weight excluding hydrogens is 443 g/mol. The van der Waals surface area contributed by atoms with E-state index in [1.54, 1.807) is 4.90 Å². The minimum Gasteiger partial charge on any atom is -0.379 e. The molecule has 33 heavy (non-hydrogen) atoms. The molecule has 2 aliphatic heterocycles. The van der Waals surface area contributed by atoms with E-state index in [1.807, 2.05) is 23.6 Å². The van der Waals surface area contributed by atoms with Crippen LogP contribution in [0.15, 0.2) is 47.8 Å². The first kappa shape index (κ1) is 21.7. The van der Waals surface area contributed by atoms with Gasteiger partial charge in [0.1, 0.15) is 5.82 Å². The molecule has 0 spiro atoms. The SMILES string of the molecule is O=C(CN1CCOCC1)Nc1nc(-c2ccc3c(c2)CCN3C(=O)c2ccc(F)cc2)cs1. The van der Waals surface area contributed by atoms with Crippen molar-refractivity contribution in [2.45, 2.75) is 6.42 Å². The highest BCUT2D eigenvalue weighted by Crippen LogP contribution is 2.34. The van der Waals surface area contributed by atoms with Crippen molar-refractivity contribution in [1.82, 2.24) is 9.88 Å². The first-order chi connectivity index (χ1) is 16.1. The molecule has 7 nitrogen and oxygen atoms in total. The van der Waals surface area contributed by atoms with Crippen LogP contribution in [-0.4, -0.2) is 61.1 Å². The van der Waals surface area contributed by atoms with Gasteiger partial charge in [-0.25, -0.2) is 9.37 Å². The Morgan fingerprint density at radius 1 is 1.09 bits per heavy atom. The Morgan fingerprint density at radius 2 is 1.88 bits per heavy atom. The topological polar surface area (TPSA) is 74.8 Å². The molecular formula is C24H23FN4O3S. The molecule has 2 aliphatic rings. The maximum absolute atomic E-state index is 13.2. The fraction of sp³-hybridized carbons (Fsp3) is 0.292. The van der Waals surface area contributed by atoms with E-state index < -0.39 is 0 Å². The molecule has 1 N–H and O–H groups in total. The molecule has 0 bridgehead atoms. The molecule has 0 atom stereocenters. The van der Waals surface area contributed by atoms with Crippen molar-refractivity contribution in [3.8, 4) is 11.3 Å². The van der Waals surface area contributed by atoms with Crippen molar-refractivity contribution in [3.63, 3.8) is 0 Å². The number of morpholine rings is 1. The number of carbonyl (C=O) groups excluding carboxylic acids is 2. The minimum atomic E-state index is -0.363. The number of thiazole rings is 1. The molecule has 1 fully saturated rings.